The van der Waals surface area contributed by atoms with Crippen molar-refractivity contribution in [3.8, 4) is 0 Å². The van der Waals surface area contributed by atoms with Gasteiger partial charge in [-0.15, -0.1) is 0 Å². The van der Waals surface area contributed by atoms with Crippen molar-refractivity contribution in [3.63, 3.8) is 0 Å². The average Bonchev–Trinajstić information content (AvgIpc) is 3.18. The first-order chi connectivity index (χ1) is 15.6. The van der Waals surface area contributed by atoms with Crippen LogP contribution in [0.5, 0.6) is 0 Å². The largest absolute Gasteiger partial charge is 0.477 e. The van der Waals surface area contributed by atoms with Crippen LogP contribution in [0.25, 0.3) is 10.9 Å². The molecule has 5 heteroatoms. The molecule has 0 fully saturated rings. The van der Waals surface area contributed by atoms with Crippen LogP contribution in [-0.4, -0.2) is 40.4 Å². The molecule has 0 atom stereocenters. The monoisotopic (exact) mass is 543 g/mol. The summed E-state index contributed by atoms with van der Waals surface area (Å²) in [5, 5.41) is 10.3. The van der Waals surface area contributed by atoms with E-state index in [4.69, 9.17) is 0 Å². The molecule has 0 aliphatic rings. The van der Waals surface area contributed by atoms with Crippen molar-refractivity contribution in [1.82, 2.24) is 9.55 Å². The molecular weight excluding hydrogens is 503 g/mol. The maximum Gasteiger partial charge on any atom is 0.352 e. The number of fused-ring (bicyclic) bond motifs is 1. The van der Waals surface area contributed by atoms with Crippen LogP contribution in [0.2, 0.25) is 13.3 Å². The number of benzene rings is 1. The van der Waals surface area contributed by atoms with E-state index in [2.05, 4.69) is 25.8 Å². The van der Waals surface area contributed by atoms with E-state index >= 15 is 0 Å². The van der Waals surface area contributed by atoms with Gasteiger partial charge in [0, 0.05) is 29.8 Å². The third-order valence-electron chi connectivity index (χ3n) is 5.77. The number of aromatic nitrogens is 2. The van der Waals surface area contributed by atoms with E-state index in [1.807, 2.05) is 41.0 Å². The fourth-order valence-corrected chi connectivity index (χ4v) is 13.3. The van der Waals surface area contributed by atoms with Gasteiger partial charge in [0.1, 0.15) is 5.69 Å². The van der Waals surface area contributed by atoms with Crippen molar-refractivity contribution < 1.29 is 9.90 Å². The Morgan fingerprint density at radius 1 is 0.906 bits per heavy atom. The number of pyridine rings is 1. The van der Waals surface area contributed by atoms with Crippen LogP contribution in [-0.2, 0) is 6.54 Å². The van der Waals surface area contributed by atoms with Crippen molar-refractivity contribution in [2.45, 2.75) is 79.2 Å². The Labute approximate surface area is 200 Å². The molecule has 3 rings (SSSR count). The second-order valence-electron chi connectivity index (χ2n) is 8.40. The number of hydrogen-bond donors (Lipinski definition) is 1. The number of rotatable bonds is 12. The third-order valence-corrected chi connectivity index (χ3v) is 14.9. The Balaban J connectivity index is 0.000000247. The summed E-state index contributed by atoms with van der Waals surface area (Å²) in [5.74, 6) is -0.912. The summed E-state index contributed by atoms with van der Waals surface area (Å²) >= 11 is -0.839. The molecule has 2 heterocycles. The maximum absolute atomic E-state index is 11.3. The van der Waals surface area contributed by atoms with Gasteiger partial charge in [-0.25, -0.2) is 4.79 Å². The number of carboxylic acid groups (broad SMARTS) is 1. The van der Waals surface area contributed by atoms with Crippen molar-refractivity contribution in [1.29, 1.82) is 0 Å². The SMILES string of the molecule is CCC[CH2][Sn]([CH2]CCC)[CH2]CCC.O=C(O)c1cc2ccccc2n1Cc1ccncc1. The summed E-state index contributed by atoms with van der Waals surface area (Å²) in [6, 6.07) is 13.2. The first-order valence-corrected chi connectivity index (χ1v) is 18.2. The first kappa shape index (κ1) is 26.4. The third kappa shape index (κ3) is 8.61. The van der Waals surface area contributed by atoms with Gasteiger partial charge in [0.25, 0.3) is 0 Å². The Kier molecular flexibility index (Phi) is 12.5. The zero-order chi connectivity index (χ0) is 23.2. The molecule has 0 aliphatic heterocycles. The van der Waals surface area contributed by atoms with Gasteiger partial charge in [-0.2, -0.15) is 0 Å². The predicted molar refractivity (Wildman–Crippen MR) is 137 cm³/mol. The van der Waals surface area contributed by atoms with Crippen LogP contribution in [0.1, 0.15) is 75.3 Å². The molecule has 0 unspecified atom stereocenters. The van der Waals surface area contributed by atoms with Crippen LogP contribution in [0.15, 0.2) is 54.9 Å². The topological polar surface area (TPSA) is 55.1 Å². The molecule has 173 valence electrons. The summed E-state index contributed by atoms with van der Waals surface area (Å²) in [6.45, 7) is 7.53. The zero-order valence-electron chi connectivity index (χ0n) is 20.0. The molecule has 0 spiro atoms. The quantitative estimate of drug-likeness (QED) is 0.239. The molecule has 1 radical (unpaired) electrons. The second kappa shape index (κ2) is 15.1. The molecule has 0 bridgehead atoms. The molecule has 0 amide bonds. The average molecular weight is 542 g/mol. The Hall–Kier alpha value is -1.82. The fraction of sp³-hybridized carbons (Fsp3) is 0.481. The normalized spacial score (nSPS) is 10.9. The van der Waals surface area contributed by atoms with Crippen molar-refractivity contribution in [2.75, 3.05) is 0 Å². The van der Waals surface area contributed by atoms with Crippen LogP contribution < -0.4 is 0 Å². The van der Waals surface area contributed by atoms with Crippen molar-refractivity contribution >= 4 is 36.6 Å². The molecule has 4 nitrogen and oxygen atoms in total. The predicted octanol–water partition coefficient (Wildman–Crippen LogP) is 7.66. The number of aromatic carboxylic acids is 1. The molecule has 32 heavy (non-hydrogen) atoms. The molecule has 1 N–H and O–H groups in total. The van der Waals surface area contributed by atoms with Gasteiger partial charge in [0.15, 0.2) is 0 Å². The second-order valence-corrected chi connectivity index (χ2v) is 17.0. The smallest absolute Gasteiger partial charge is 0.352 e. The Bertz CT molecular complexity index is 905. The molecule has 0 saturated heterocycles. The standard InChI is InChI=1S/C15H12N2O2.3C4H9.Sn/c18-15(19)14-9-12-3-1-2-4-13(12)17(14)10-11-5-7-16-8-6-11;3*1-3-4-2;/h1-9H,10H2,(H,18,19);3*1,3-4H2,2H3;. The van der Waals surface area contributed by atoms with Gasteiger partial charge >= 0.3 is 98.3 Å². The summed E-state index contributed by atoms with van der Waals surface area (Å²) in [5.41, 5.74) is 2.26. The Morgan fingerprint density at radius 2 is 1.47 bits per heavy atom. The first-order valence-electron chi connectivity index (χ1n) is 12.1. The van der Waals surface area contributed by atoms with Crippen molar-refractivity contribution in [3.05, 3.63) is 66.1 Å². The van der Waals surface area contributed by atoms with Gasteiger partial charge in [-0.1, -0.05) is 18.2 Å². The van der Waals surface area contributed by atoms with E-state index in [1.54, 1.807) is 31.8 Å². The van der Waals surface area contributed by atoms with Gasteiger partial charge in [-0.05, 0) is 29.8 Å². The van der Waals surface area contributed by atoms with E-state index in [0.717, 1.165) is 16.5 Å². The van der Waals surface area contributed by atoms with Gasteiger partial charge < -0.3 is 9.67 Å². The van der Waals surface area contributed by atoms with Crippen LogP contribution in [0.3, 0.4) is 0 Å². The molecule has 0 saturated carbocycles. The number of nitrogens with zero attached hydrogens (tertiary/aromatic N) is 2. The van der Waals surface area contributed by atoms with E-state index in [1.165, 1.54) is 38.5 Å². The molecule has 1 aromatic carbocycles. The minimum atomic E-state index is -0.912. The van der Waals surface area contributed by atoms with Gasteiger partial charge in [0.05, 0.1) is 0 Å². The molecule has 3 aromatic rings. The minimum Gasteiger partial charge on any atom is -0.477 e. The maximum atomic E-state index is 11.3. The minimum absolute atomic E-state index is 0.304. The Morgan fingerprint density at radius 3 is 2.00 bits per heavy atom. The fourth-order valence-electron chi connectivity index (χ4n) is 3.88. The summed E-state index contributed by atoms with van der Waals surface area (Å²) in [6.07, 6.45) is 12.3. The number of carboxylic acids is 1. The van der Waals surface area contributed by atoms with Crippen LogP contribution in [0, 0.1) is 0 Å². The van der Waals surface area contributed by atoms with Gasteiger partial charge in [0.2, 0.25) is 0 Å². The number of para-hydroxylation sites is 1. The van der Waals surface area contributed by atoms with E-state index in [-0.39, 0.29) is 0 Å². The van der Waals surface area contributed by atoms with Crippen molar-refractivity contribution in [2.24, 2.45) is 0 Å². The number of unbranched alkanes of at least 4 members (excludes halogenated alkanes) is 3. The van der Waals surface area contributed by atoms with E-state index in [0.29, 0.717) is 12.2 Å². The van der Waals surface area contributed by atoms with E-state index < -0.39 is 25.7 Å². The summed E-state index contributed by atoms with van der Waals surface area (Å²) in [4.78, 5) is 15.3. The number of hydrogen-bond acceptors (Lipinski definition) is 2. The van der Waals surface area contributed by atoms with E-state index in [9.17, 15) is 9.90 Å². The summed E-state index contributed by atoms with van der Waals surface area (Å²) in [7, 11) is 0. The van der Waals surface area contributed by atoms with Crippen LogP contribution >= 0.6 is 0 Å². The number of carbonyl (C=O) groups is 1. The van der Waals surface area contributed by atoms with Gasteiger partial charge in [-0.3, -0.25) is 4.98 Å². The van der Waals surface area contributed by atoms with Crippen LogP contribution in [0.4, 0.5) is 0 Å². The molecule has 2 aromatic heterocycles. The zero-order valence-corrected chi connectivity index (χ0v) is 22.9. The molecule has 0 aliphatic carbocycles. The summed E-state index contributed by atoms with van der Waals surface area (Å²) < 4.78 is 6.85. The molecular formula is C27H39N2O2Sn.